The number of rotatable bonds is 7. The van der Waals surface area contributed by atoms with Crippen molar-refractivity contribution < 1.29 is 0 Å². The second-order valence-corrected chi connectivity index (χ2v) is 4.08. The summed E-state index contributed by atoms with van der Waals surface area (Å²) in [5.74, 6) is 0. The first kappa shape index (κ1) is 14.0. The van der Waals surface area contributed by atoms with Crippen molar-refractivity contribution in [2.75, 3.05) is 27.2 Å². The molecule has 0 fully saturated rings. The molecule has 0 saturated carbocycles. The van der Waals surface area contributed by atoms with Gasteiger partial charge in [0.25, 0.3) is 0 Å². The molecule has 0 bridgehead atoms. The van der Waals surface area contributed by atoms with E-state index in [1.807, 2.05) is 12.2 Å². The van der Waals surface area contributed by atoms with Crippen molar-refractivity contribution in [1.29, 1.82) is 0 Å². The van der Waals surface area contributed by atoms with Gasteiger partial charge in [-0.05, 0) is 27.0 Å². The van der Waals surface area contributed by atoms with E-state index in [0.717, 1.165) is 18.8 Å². The maximum Gasteiger partial charge on any atom is 0.0302 e. The van der Waals surface area contributed by atoms with E-state index in [-0.39, 0.29) is 0 Å². The third-order valence-electron chi connectivity index (χ3n) is 2.58. The zero-order chi connectivity index (χ0) is 11.8. The van der Waals surface area contributed by atoms with Gasteiger partial charge in [-0.15, -0.1) is 0 Å². The first-order valence-electron chi connectivity index (χ1n) is 5.38. The van der Waals surface area contributed by atoms with Crippen molar-refractivity contribution >= 4 is 0 Å². The fourth-order valence-corrected chi connectivity index (χ4v) is 1.02. The third kappa shape index (κ3) is 6.13. The summed E-state index contributed by atoms with van der Waals surface area (Å²) in [6.45, 7) is 14.1. The van der Waals surface area contributed by atoms with Gasteiger partial charge in [-0.25, -0.2) is 0 Å². The predicted octanol–water partition coefficient (Wildman–Crippen LogP) is 2.51. The van der Waals surface area contributed by atoms with E-state index in [4.69, 9.17) is 0 Å². The second kappa shape index (κ2) is 7.30. The molecular weight excluding hydrogens is 184 g/mol. The molecule has 0 aliphatic rings. The lowest BCUT2D eigenvalue weighted by molar-refractivity contribution is 0.245. The van der Waals surface area contributed by atoms with Crippen molar-refractivity contribution in [3.63, 3.8) is 0 Å². The molecule has 0 amide bonds. The molecule has 2 heteroatoms. The molecule has 15 heavy (non-hydrogen) atoms. The fourth-order valence-electron chi connectivity index (χ4n) is 1.02. The lowest BCUT2D eigenvalue weighted by atomic mass is 10.3. The molecule has 0 rings (SSSR count). The van der Waals surface area contributed by atoms with Crippen molar-refractivity contribution in [3.8, 4) is 0 Å². The molecule has 86 valence electrons. The minimum Gasteiger partial charge on any atom is -0.374 e. The molecule has 0 heterocycles. The average Bonchev–Trinajstić information content (AvgIpc) is 2.21. The van der Waals surface area contributed by atoms with Gasteiger partial charge in [0.2, 0.25) is 0 Å². The summed E-state index contributed by atoms with van der Waals surface area (Å²) in [5, 5.41) is 0. The number of hydrogen-bond donors (Lipinski definition) is 0. The molecule has 0 aromatic heterocycles. The van der Waals surface area contributed by atoms with Crippen LogP contribution < -0.4 is 0 Å². The van der Waals surface area contributed by atoms with E-state index in [2.05, 4.69) is 50.9 Å². The topological polar surface area (TPSA) is 6.48 Å². The smallest absolute Gasteiger partial charge is 0.0302 e. The molecule has 0 aliphatic heterocycles. The predicted molar refractivity (Wildman–Crippen MR) is 68.9 cm³/mol. The van der Waals surface area contributed by atoms with E-state index in [1.54, 1.807) is 6.08 Å². The molecule has 0 unspecified atom stereocenters. The second-order valence-electron chi connectivity index (χ2n) is 4.08. The van der Waals surface area contributed by atoms with Gasteiger partial charge in [-0.2, -0.15) is 0 Å². The van der Waals surface area contributed by atoms with Gasteiger partial charge in [0.15, 0.2) is 0 Å². The van der Waals surface area contributed by atoms with Gasteiger partial charge >= 0.3 is 0 Å². The number of hydrogen-bond acceptors (Lipinski definition) is 2. The number of allylic oxidation sites excluding steroid dienone is 3. The Bertz CT molecular complexity index is 229. The van der Waals surface area contributed by atoms with Crippen LogP contribution in [0.4, 0.5) is 0 Å². The van der Waals surface area contributed by atoms with Gasteiger partial charge < -0.3 is 9.80 Å². The first-order chi connectivity index (χ1) is 6.99. The molecule has 0 N–H and O–H groups in total. The van der Waals surface area contributed by atoms with E-state index in [1.165, 1.54) is 0 Å². The average molecular weight is 208 g/mol. The number of likely N-dealkylation sites (N-methyl/N-ethyl adjacent to an activating group) is 2. The highest BCUT2D eigenvalue weighted by Gasteiger charge is 2.04. The highest BCUT2D eigenvalue weighted by Crippen LogP contribution is 2.01. The molecule has 0 saturated heterocycles. The summed E-state index contributed by atoms with van der Waals surface area (Å²) in [7, 11) is 4.20. The van der Waals surface area contributed by atoms with Gasteiger partial charge in [0.1, 0.15) is 0 Å². The molecule has 2 nitrogen and oxygen atoms in total. The largest absolute Gasteiger partial charge is 0.374 e. The maximum atomic E-state index is 3.99. The van der Waals surface area contributed by atoms with Crippen LogP contribution in [0.2, 0.25) is 0 Å². The van der Waals surface area contributed by atoms with Crippen molar-refractivity contribution in [3.05, 3.63) is 37.1 Å². The first-order valence-corrected chi connectivity index (χ1v) is 5.38. The minimum absolute atomic E-state index is 0.593. The quantitative estimate of drug-likeness (QED) is 0.593. The van der Waals surface area contributed by atoms with Crippen molar-refractivity contribution in [2.45, 2.75) is 19.9 Å². The Morgan fingerprint density at radius 3 is 2.33 bits per heavy atom. The summed E-state index contributed by atoms with van der Waals surface area (Å²) in [6, 6.07) is 0.593. The maximum absolute atomic E-state index is 3.99. The summed E-state index contributed by atoms with van der Waals surface area (Å²) in [6.07, 6.45) is 5.65. The van der Waals surface area contributed by atoms with Crippen LogP contribution in [0.25, 0.3) is 0 Å². The zero-order valence-corrected chi connectivity index (χ0v) is 10.5. The highest BCUT2D eigenvalue weighted by atomic mass is 15.2. The summed E-state index contributed by atoms with van der Waals surface area (Å²) in [5.41, 5.74) is 1.02. The fraction of sp³-hybridized carbons (Fsp3) is 0.538. The molecule has 0 spiro atoms. The van der Waals surface area contributed by atoms with Crippen LogP contribution in [0.5, 0.6) is 0 Å². The molecule has 0 aliphatic carbocycles. The van der Waals surface area contributed by atoms with Crippen LogP contribution >= 0.6 is 0 Å². The van der Waals surface area contributed by atoms with Crippen LogP contribution in [0.3, 0.4) is 0 Å². The Kier molecular flexibility index (Phi) is 6.80. The van der Waals surface area contributed by atoms with Crippen molar-refractivity contribution in [2.24, 2.45) is 0 Å². The number of nitrogens with zero attached hydrogens (tertiary/aromatic N) is 2. The Morgan fingerprint density at radius 2 is 1.87 bits per heavy atom. The van der Waals surface area contributed by atoms with E-state index in [9.17, 15) is 0 Å². The van der Waals surface area contributed by atoms with Crippen molar-refractivity contribution in [1.82, 2.24) is 9.80 Å². The lowest BCUT2D eigenvalue weighted by Gasteiger charge is -2.26. The standard InChI is InChI=1S/C13H24N2/c1-7-8-9-13(4)15(6)11-10-14(5)12(2)3/h7-9,12H,1,4,10-11H2,2-3,5-6H3/b9-8-. The van der Waals surface area contributed by atoms with Gasteiger partial charge in [0.05, 0.1) is 0 Å². The molecule has 0 aromatic rings. The summed E-state index contributed by atoms with van der Waals surface area (Å²) < 4.78 is 0. The Balaban J connectivity index is 3.92. The van der Waals surface area contributed by atoms with E-state index < -0.39 is 0 Å². The molecule has 0 atom stereocenters. The lowest BCUT2D eigenvalue weighted by Crippen LogP contribution is -2.34. The minimum atomic E-state index is 0.593. The van der Waals surface area contributed by atoms with Gasteiger partial charge in [0, 0.05) is 31.9 Å². The third-order valence-corrected chi connectivity index (χ3v) is 2.58. The zero-order valence-electron chi connectivity index (χ0n) is 10.5. The summed E-state index contributed by atoms with van der Waals surface area (Å²) >= 11 is 0. The monoisotopic (exact) mass is 208 g/mol. The normalized spacial score (nSPS) is 11.3. The molecule has 0 aromatic carbocycles. The Morgan fingerprint density at radius 1 is 1.27 bits per heavy atom. The highest BCUT2D eigenvalue weighted by molar-refractivity contribution is 5.16. The Hall–Kier alpha value is -1.02. The molecular formula is C13H24N2. The summed E-state index contributed by atoms with van der Waals surface area (Å²) in [4.78, 5) is 4.47. The van der Waals surface area contributed by atoms with Gasteiger partial charge in [-0.3, -0.25) is 0 Å². The van der Waals surface area contributed by atoms with Crippen LogP contribution in [-0.2, 0) is 0 Å². The SMILES string of the molecule is C=C/C=C\C(=C)N(C)CCN(C)C(C)C. The van der Waals surface area contributed by atoms with Gasteiger partial charge in [-0.1, -0.05) is 25.3 Å². The molecule has 0 radical (unpaired) electrons. The van der Waals surface area contributed by atoms with Crippen LogP contribution in [0.15, 0.2) is 37.1 Å². The van der Waals surface area contributed by atoms with E-state index >= 15 is 0 Å². The Labute approximate surface area is 94.6 Å². The van der Waals surface area contributed by atoms with E-state index in [0.29, 0.717) is 6.04 Å². The van der Waals surface area contributed by atoms with Crippen LogP contribution in [0, 0.1) is 0 Å². The van der Waals surface area contributed by atoms with Crippen LogP contribution in [-0.4, -0.2) is 43.0 Å². The van der Waals surface area contributed by atoms with Crippen LogP contribution in [0.1, 0.15) is 13.8 Å².